The molecule has 27 heavy (non-hydrogen) atoms. The molecule has 1 aromatic carbocycles. The second-order valence-corrected chi connectivity index (χ2v) is 6.52. The van der Waals surface area contributed by atoms with E-state index in [-0.39, 0.29) is 18.0 Å². The molecule has 1 fully saturated rings. The number of carbonyl (C=O) groups excluding carboxylic acids is 1. The van der Waals surface area contributed by atoms with Crippen LogP contribution in [0.4, 0.5) is 9.18 Å². The van der Waals surface area contributed by atoms with Gasteiger partial charge in [0.25, 0.3) is 0 Å². The number of aromatic nitrogens is 3. The molecule has 0 saturated carbocycles. The summed E-state index contributed by atoms with van der Waals surface area (Å²) in [6, 6.07) is 9.95. The highest BCUT2D eigenvalue weighted by atomic mass is 19.1. The van der Waals surface area contributed by atoms with Crippen LogP contribution in [0.15, 0.2) is 55.0 Å². The second kappa shape index (κ2) is 7.14. The lowest BCUT2D eigenvalue weighted by Crippen LogP contribution is -2.43. The van der Waals surface area contributed by atoms with Crippen LogP contribution in [0.1, 0.15) is 18.9 Å². The summed E-state index contributed by atoms with van der Waals surface area (Å²) in [5.74, 6) is 6.28. The van der Waals surface area contributed by atoms with E-state index in [1.807, 2.05) is 16.9 Å². The van der Waals surface area contributed by atoms with Gasteiger partial charge in [0.15, 0.2) is 5.75 Å². The van der Waals surface area contributed by atoms with E-state index in [0.29, 0.717) is 18.8 Å². The largest absolute Gasteiger partial charge is 0.415 e. The van der Waals surface area contributed by atoms with Gasteiger partial charge < -0.3 is 15.5 Å². The highest BCUT2D eigenvalue weighted by molar-refractivity contribution is 5.70. The maximum absolute atomic E-state index is 13.4. The third-order valence-electron chi connectivity index (χ3n) is 4.81. The van der Waals surface area contributed by atoms with Gasteiger partial charge in [-0.15, -0.1) is 0 Å². The molecule has 1 aliphatic heterocycles. The standard InChI is InChI=1S/C19H20FN5O2/c20-15-4-1-3-14(11-15)18-13-24(25(18)21)16-6-9-23(10-7-16)19(26)27-17-5-2-8-22-12-17/h1-5,8,11-13,16H,6-7,9-10,21H2. The van der Waals surface area contributed by atoms with E-state index in [0.717, 1.165) is 24.1 Å². The molecule has 0 atom stereocenters. The van der Waals surface area contributed by atoms with Crippen LogP contribution in [0.2, 0.25) is 0 Å². The Labute approximate surface area is 155 Å². The Morgan fingerprint density at radius 1 is 1.22 bits per heavy atom. The number of piperidine rings is 1. The Morgan fingerprint density at radius 2 is 2.04 bits per heavy atom. The van der Waals surface area contributed by atoms with Crippen LogP contribution in [-0.4, -0.2) is 38.5 Å². The van der Waals surface area contributed by atoms with Gasteiger partial charge in [0.05, 0.1) is 18.4 Å². The maximum Gasteiger partial charge on any atom is 0.415 e. The fourth-order valence-corrected chi connectivity index (χ4v) is 3.34. The third kappa shape index (κ3) is 3.51. The van der Waals surface area contributed by atoms with Gasteiger partial charge in [0, 0.05) is 24.8 Å². The molecule has 7 nitrogen and oxygen atoms in total. The number of rotatable bonds is 3. The van der Waals surface area contributed by atoms with Crippen LogP contribution >= 0.6 is 0 Å². The SMILES string of the molecule is Nn1c(-c2cccc(F)c2)cn1C1CCN(C(=O)Oc2cccnc2)CC1. The number of ether oxygens (including phenoxy) is 1. The molecule has 3 aromatic rings. The molecule has 0 spiro atoms. The fourth-order valence-electron chi connectivity index (χ4n) is 3.34. The summed E-state index contributed by atoms with van der Waals surface area (Å²) in [4.78, 5) is 19.4. The van der Waals surface area contributed by atoms with Gasteiger partial charge in [0.2, 0.25) is 0 Å². The first-order valence-electron chi connectivity index (χ1n) is 8.79. The zero-order chi connectivity index (χ0) is 18.8. The molecule has 2 N–H and O–H groups in total. The molecule has 4 rings (SSSR count). The number of nitrogen functional groups attached to an aromatic ring is 1. The van der Waals surface area contributed by atoms with Gasteiger partial charge >= 0.3 is 6.09 Å². The summed E-state index contributed by atoms with van der Waals surface area (Å²) < 4.78 is 20.6. The monoisotopic (exact) mass is 369 g/mol. The lowest BCUT2D eigenvalue weighted by molar-refractivity contribution is 0.127. The molecule has 140 valence electrons. The molecular weight excluding hydrogens is 349 g/mol. The average molecular weight is 369 g/mol. The maximum atomic E-state index is 13.4. The Hall–Kier alpha value is -3.29. The normalized spacial score (nSPS) is 15.1. The number of hydrogen-bond acceptors (Lipinski definition) is 4. The average Bonchev–Trinajstić information content (AvgIpc) is 2.68. The third-order valence-corrected chi connectivity index (χ3v) is 4.81. The molecule has 0 radical (unpaired) electrons. The van der Waals surface area contributed by atoms with Crippen LogP contribution in [0, 0.1) is 5.82 Å². The number of halogens is 1. The van der Waals surface area contributed by atoms with Crippen molar-refractivity contribution >= 4 is 6.09 Å². The minimum atomic E-state index is -0.370. The first-order chi connectivity index (χ1) is 13.1. The van der Waals surface area contributed by atoms with Crippen molar-refractivity contribution in [2.45, 2.75) is 18.9 Å². The van der Waals surface area contributed by atoms with E-state index >= 15 is 0 Å². The number of nitrogens with two attached hydrogens (primary N) is 1. The Kier molecular flexibility index (Phi) is 4.53. The van der Waals surface area contributed by atoms with Crippen LogP contribution in [-0.2, 0) is 0 Å². The van der Waals surface area contributed by atoms with Crippen LogP contribution in [0.5, 0.6) is 5.75 Å². The van der Waals surface area contributed by atoms with Gasteiger partial charge in [-0.2, -0.15) is 0 Å². The van der Waals surface area contributed by atoms with E-state index in [4.69, 9.17) is 10.6 Å². The lowest BCUT2D eigenvalue weighted by atomic mass is 10.0. The molecule has 8 heteroatoms. The quantitative estimate of drug-likeness (QED) is 0.720. The molecular formula is C19H20FN5O2. The Balaban J connectivity index is 1.36. The van der Waals surface area contributed by atoms with Crippen molar-refractivity contribution in [1.29, 1.82) is 0 Å². The summed E-state index contributed by atoms with van der Waals surface area (Å²) in [7, 11) is 0. The number of carbonyl (C=O) groups is 1. The number of nitrogens with zero attached hydrogens (tertiary/aromatic N) is 4. The predicted octanol–water partition coefficient (Wildman–Crippen LogP) is 3.04. The fraction of sp³-hybridized carbons (Fsp3) is 0.263. The van der Waals surface area contributed by atoms with Crippen molar-refractivity contribution in [2.75, 3.05) is 18.9 Å². The van der Waals surface area contributed by atoms with Gasteiger partial charge in [-0.3, -0.25) is 9.67 Å². The van der Waals surface area contributed by atoms with E-state index in [1.54, 1.807) is 34.1 Å². The number of hydrogen-bond donors (Lipinski definition) is 1. The Bertz CT molecular complexity index is 929. The summed E-state index contributed by atoms with van der Waals surface area (Å²) >= 11 is 0. The highest BCUT2D eigenvalue weighted by Crippen LogP contribution is 2.29. The molecule has 0 unspecified atom stereocenters. The van der Waals surface area contributed by atoms with Crippen molar-refractivity contribution in [2.24, 2.45) is 0 Å². The second-order valence-electron chi connectivity index (χ2n) is 6.52. The first-order valence-corrected chi connectivity index (χ1v) is 8.79. The minimum Gasteiger partial charge on any atom is -0.409 e. The van der Waals surface area contributed by atoms with Crippen molar-refractivity contribution in [3.8, 4) is 17.0 Å². The number of benzene rings is 1. The van der Waals surface area contributed by atoms with E-state index in [1.165, 1.54) is 18.3 Å². The van der Waals surface area contributed by atoms with E-state index < -0.39 is 0 Å². The zero-order valence-corrected chi connectivity index (χ0v) is 14.7. The molecule has 1 aliphatic rings. The topological polar surface area (TPSA) is 78.3 Å². The Morgan fingerprint density at radius 3 is 2.70 bits per heavy atom. The molecule has 1 amide bonds. The molecule has 0 bridgehead atoms. The van der Waals surface area contributed by atoms with E-state index in [2.05, 4.69) is 4.98 Å². The van der Waals surface area contributed by atoms with Crippen LogP contribution in [0.25, 0.3) is 11.3 Å². The molecule has 3 heterocycles. The lowest BCUT2D eigenvalue weighted by Gasteiger charge is -2.36. The van der Waals surface area contributed by atoms with Gasteiger partial charge in [0.1, 0.15) is 11.5 Å². The molecule has 2 aromatic heterocycles. The zero-order valence-electron chi connectivity index (χ0n) is 14.7. The smallest absolute Gasteiger partial charge is 0.409 e. The summed E-state index contributed by atoms with van der Waals surface area (Å²) in [5, 5.41) is 0. The summed E-state index contributed by atoms with van der Waals surface area (Å²) in [6.07, 6.45) is 6.22. The van der Waals surface area contributed by atoms with Gasteiger partial charge in [-0.1, -0.05) is 12.1 Å². The molecule has 0 aliphatic carbocycles. The van der Waals surface area contributed by atoms with Crippen molar-refractivity contribution in [3.05, 3.63) is 60.8 Å². The number of pyridine rings is 1. The first kappa shape index (κ1) is 17.1. The van der Waals surface area contributed by atoms with Gasteiger partial charge in [-0.25, -0.2) is 14.0 Å². The summed E-state index contributed by atoms with van der Waals surface area (Å²) in [5.41, 5.74) is 1.51. The number of amides is 1. The van der Waals surface area contributed by atoms with Crippen LogP contribution < -0.4 is 10.6 Å². The molecule has 1 saturated heterocycles. The van der Waals surface area contributed by atoms with Crippen molar-refractivity contribution in [3.63, 3.8) is 0 Å². The van der Waals surface area contributed by atoms with E-state index in [9.17, 15) is 9.18 Å². The summed E-state index contributed by atoms with van der Waals surface area (Å²) in [6.45, 7) is 1.16. The van der Waals surface area contributed by atoms with Crippen molar-refractivity contribution < 1.29 is 13.9 Å². The van der Waals surface area contributed by atoms with Crippen LogP contribution in [0.3, 0.4) is 0 Å². The predicted molar refractivity (Wildman–Crippen MR) is 98.1 cm³/mol. The highest BCUT2D eigenvalue weighted by Gasteiger charge is 2.27. The van der Waals surface area contributed by atoms with Crippen molar-refractivity contribution in [1.82, 2.24) is 19.4 Å². The minimum absolute atomic E-state index is 0.190. The van der Waals surface area contributed by atoms with Gasteiger partial charge in [-0.05, 0) is 37.1 Å². The number of likely N-dealkylation sites (tertiary alicyclic amines) is 1.